The van der Waals surface area contributed by atoms with Gasteiger partial charge in [-0.25, -0.2) is 0 Å². The maximum absolute atomic E-state index is 6.73. The van der Waals surface area contributed by atoms with E-state index in [1.807, 2.05) is 12.3 Å². The van der Waals surface area contributed by atoms with Crippen LogP contribution in [0.1, 0.15) is 64.9 Å². The van der Waals surface area contributed by atoms with Crippen LogP contribution in [0, 0.1) is 0 Å². The van der Waals surface area contributed by atoms with Gasteiger partial charge in [0, 0.05) is 37.7 Å². The number of hydrogen-bond donors (Lipinski definition) is 0. The molecule has 50 heavy (non-hydrogen) atoms. The van der Waals surface area contributed by atoms with Gasteiger partial charge in [0.15, 0.2) is 11.0 Å². The molecule has 5 aromatic rings. The van der Waals surface area contributed by atoms with Gasteiger partial charge in [-0.15, -0.1) is 0 Å². The number of rotatable bonds is 15. The van der Waals surface area contributed by atoms with E-state index in [1.165, 1.54) is 65.7 Å². The summed E-state index contributed by atoms with van der Waals surface area (Å²) in [7, 11) is -2.46. The molecule has 0 amide bonds. The quantitative estimate of drug-likeness (QED) is 0.100. The number of unbranched alkanes of at least 4 members (excludes halogenated alkanes) is 1. The number of furan rings is 2. The predicted octanol–water partition coefficient (Wildman–Crippen LogP) is 11.4. The summed E-state index contributed by atoms with van der Waals surface area (Å²) in [6.45, 7) is 8.22. The fraction of sp³-hybridized carbons (Fsp3) is 0.333. The average Bonchev–Trinajstić information content (AvgIpc) is 4.01. The van der Waals surface area contributed by atoms with Gasteiger partial charge in [-0.1, -0.05) is 112 Å². The van der Waals surface area contributed by atoms with Gasteiger partial charge in [0.25, 0.3) is 0 Å². The molecular weight excluding hydrogens is 688 g/mol. The SMILES string of the molecule is CCCCN(P(c1ccccc1)c1ccccc1)P1CC=C(c2coc(P(c3ccco3)N(c3ccccc3)P3CCC[C@H]3CC)c2)[C@H]1CC. The Morgan fingerprint density at radius 3 is 2.06 bits per heavy atom. The second-order valence-electron chi connectivity index (χ2n) is 13.1. The Labute approximate surface area is 304 Å². The first kappa shape index (κ1) is 35.8. The zero-order valence-corrected chi connectivity index (χ0v) is 33.2. The molecule has 2 aliphatic rings. The third kappa shape index (κ3) is 7.63. The molecule has 1 fully saturated rings. The van der Waals surface area contributed by atoms with E-state index in [-0.39, 0.29) is 8.07 Å². The number of hydrogen-bond acceptors (Lipinski definition) is 4. The second kappa shape index (κ2) is 17.3. The highest BCUT2D eigenvalue weighted by Gasteiger charge is 2.41. The highest BCUT2D eigenvalue weighted by molar-refractivity contribution is 7.85. The third-order valence-corrected chi connectivity index (χ3v) is 22.2. The van der Waals surface area contributed by atoms with Gasteiger partial charge in [-0.05, 0) is 107 Å². The van der Waals surface area contributed by atoms with Crippen molar-refractivity contribution in [3.8, 4) is 0 Å². The monoisotopic (exact) mass is 738 g/mol. The van der Waals surface area contributed by atoms with Crippen LogP contribution >= 0.6 is 32.3 Å². The van der Waals surface area contributed by atoms with Gasteiger partial charge in [-0.3, -0.25) is 4.44 Å². The van der Waals surface area contributed by atoms with Crippen LogP contribution in [0.3, 0.4) is 0 Å². The van der Waals surface area contributed by atoms with Gasteiger partial charge < -0.3 is 13.3 Å². The number of nitrogens with zero attached hydrogens (tertiary/aromatic N) is 2. The van der Waals surface area contributed by atoms with E-state index in [9.17, 15) is 0 Å². The maximum atomic E-state index is 6.73. The molecule has 7 rings (SSSR count). The Balaban J connectivity index is 1.24. The highest BCUT2D eigenvalue weighted by atomic mass is 31.2. The van der Waals surface area contributed by atoms with E-state index in [4.69, 9.17) is 8.83 Å². The van der Waals surface area contributed by atoms with Crippen molar-refractivity contribution < 1.29 is 8.83 Å². The number of allylic oxidation sites excluding steroid dienone is 2. The first-order valence-corrected chi connectivity index (χ1v) is 24.1. The largest absolute Gasteiger partial charge is 0.462 e. The third-order valence-electron chi connectivity index (χ3n) is 9.92. The van der Waals surface area contributed by atoms with Crippen molar-refractivity contribution in [2.45, 2.75) is 70.6 Å². The van der Waals surface area contributed by atoms with Gasteiger partial charge in [0.1, 0.15) is 8.07 Å². The average molecular weight is 739 g/mol. The Kier molecular flexibility index (Phi) is 12.4. The molecule has 3 unspecified atom stereocenters. The molecule has 0 saturated carbocycles. The topological polar surface area (TPSA) is 32.8 Å². The van der Waals surface area contributed by atoms with Crippen molar-refractivity contribution in [1.82, 2.24) is 4.44 Å². The number of benzene rings is 3. The molecule has 2 aromatic heterocycles. The van der Waals surface area contributed by atoms with Crippen molar-refractivity contribution >= 4 is 65.2 Å². The molecule has 0 aliphatic carbocycles. The summed E-state index contributed by atoms with van der Waals surface area (Å²) in [5, 5.41) is 2.90. The molecule has 3 aromatic carbocycles. The Morgan fingerprint density at radius 1 is 0.740 bits per heavy atom. The lowest BCUT2D eigenvalue weighted by atomic mass is 10.0. The minimum atomic E-state index is -1.01. The Bertz CT molecular complexity index is 1740. The summed E-state index contributed by atoms with van der Waals surface area (Å²) in [4.78, 5) is 0. The molecule has 0 spiro atoms. The molecule has 1 saturated heterocycles. The highest BCUT2D eigenvalue weighted by Crippen LogP contribution is 2.66. The van der Waals surface area contributed by atoms with Crippen LogP contribution in [0.2, 0.25) is 0 Å². The fourth-order valence-corrected chi connectivity index (χ4v) is 20.9. The minimum Gasteiger partial charge on any atom is -0.462 e. The summed E-state index contributed by atoms with van der Waals surface area (Å²) in [5.41, 5.74) is 7.31. The van der Waals surface area contributed by atoms with E-state index >= 15 is 0 Å². The van der Waals surface area contributed by atoms with Gasteiger partial charge in [0.05, 0.1) is 12.5 Å². The zero-order chi connectivity index (χ0) is 34.3. The van der Waals surface area contributed by atoms with E-state index in [0.29, 0.717) is 5.66 Å². The van der Waals surface area contributed by atoms with Gasteiger partial charge in [0.2, 0.25) is 0 Å². The molecule has 0 radical (unpaired) electrons. The summed E-state index contributed by atoms with van der Waals surface area (Å²) >= 11 is 0. The molecular formula is C42H50N2O2P4. The van der Waals surface area contributed by atoms with Crippen LogP contribution in [0.5, 0.6) is 0 Å². The smallest absolute Gasteiger partial charge is 0.154 e. The van der Waals surface area contributed by atoms with E-state index < -0.39 is 24.2 Å². The summed E-state index contributed by atoms with van der Waals surface area (Å²) in [6.07, 6.45) is 16.2. The summed E-state index contributed by atoms with van der Waals surface area (Å²) in [6, 6.07) is 40.2. The Hall–Kier alpha value is -2.56. The first-order valence-electron chi connectivity index (χ1n) is 18.4. The van der Waals surface area contributed by atoms with Crippen molar-refractivity contribution in [1.29, 1.82) is 0 Å². The molecule has 4 heterocycles. The van der Waals surface area contributed by atoms with Gasteiger partial charge in [-0.2, -0.15) is 0 Å². The van der Waals surface area contributed by atoms with Crippen molar-refractivity contribution in [2.75, 3.05) is 23.3 Å². The van der Waals surface area contributed by atoms with E-state index in [2.05, 4.69) is 145 Å². The van der Waals surface area contributed by atoms with Gasteiger partial charge >= 0.3 is 0 Å². The molecule has 2 aliphatic heterocycles. The molecule has 0 bridgehead atoms. The van der Waals surface area contributed by atoms with Crippen LogP contribution in [0.25, 0.3) is 5.57 Å². The van der Waals surface area contributed by atoms with Crippen LogP contribution in [-0.4, -0.2) is 34.6 Å². The summed E-state index contributed by atoms with van der Waals surface area (Å²) in [5.74, 6) is 0. The normalized spacial score (nSPS) is 21.2. The molecule has 4 nitrogen and oxygen atoms in total. The molecule has 0 N–H and O–H groups in total. The van der Waals surface area contributed by atoms with E-state index in [0.717, 1.165) is 35.8 Å². The predicted molar refractivity (Wildman–Crippen MR) is 222 cm³/mol. The van der Waals surface area contributed by atoms with Crippen LogP contribution in [0.15, 0.2) is 137 Å². The molecule has 260 valence electrons. The molecule has 8 heteroatoms. The summed E-state index contributed by atoms with van der Waals surface area (Å²) < 4.78 is 18.7. The second-order valence-corrected chi connectivity index (χ2v) is 22.5. The molecule has 5 atom stereocenters. The van der Waals surface area contributed by atoms with E-state index in [1.54, 1.807) is 0 Å². The van der Waals surface area contributed by atoms with Crippen molar-refractivity contribution in [3.63, 3.8) is 0 Å². The van der Waals surface area contributed by atoms with Crippen molar-refractivity contribution in [3.05, 3.63) is 133 Å². The van der Waals surface area contributed by atoms with Crippen LogP contribution in [-0.2, 0) is 0 Å². The first-order chi connectivity index (χ1) is 24.7. The van der Waals surface area contributed by atoms with Crippen LogP contribution < -0.4 is 26.1 Å². The fourth-order valence-electron chi connectivity index (χ4n) is 7.51. The number of anilines is 1. The van der Waals surface area contributed by atoms with Crippen molar-refractivity contribution in [2.24, 2.45) is 0 Å². The lowest BCUT2D eigenvalue weighted by Crippen LogP contribution is -2.28. The number of para-hydroxylation sites is 1. The minimum absolute atomic E-state index is 0.376. The lowest BCUT2D eigenvalue weighted by Gasteiger charge is -2.40. The van der Waals surface area contributed by atoms with Crippen LogP contribution in [0.4, 0.5) is 5.69 Å². The Morgan fingerprint density at radius 2 is 1.44 bits per heavy atom. The zero-order valence-electron chi connectivity index (χ0n) is 29.6. The maximum Gasteiger partial charge on any atom is 0.154 e. The standard InChI is InChI=1S/C42H50N2O2P4/c1-4-7-28-43(49(37-21-13-9-14-22-37)38-23-15-10-16-24-38)48-31-27-39(40(48)6-3)34-32-42(46-33-34)50(41-26-17-29-45-41)44(35-19-11-8-12-20-35)47-30-18-25-36(47)5-2/h8-17,19-24,26-27,29,32-33,36,40H,4-7,18,25,28,30-31H2,1-3H3/t36-,40-,47?,48?,50?/m1/s1. The lowest BCUT2D eigenvalue weighted by molar-refractivity contribution is 0.592.